The molecule has 0 aliphatic carbocycles. The Balaban J connectivity index is 2.27. The van der Waals surface area contributed by atoms with Crippen LogP contribution in [-0.2, 0) is 14.3 Å². The second kappa shape index (κ2) is 6.29. The first-order chi connectivity index (χ1) is 9.93. The second-order valence-corrected chi connectivity index (χ2v) is 5.94. The van der Waals surface area contributed by atoms with E-state index in [1.54, 1.807) is 0 Å². The Bertz CT molecular complexity index is 543. The van der Waals surface area contributed by atoms with E-state index in [4.69, 9.17) is 4.74 Å². The molecule has 0 spiro atoms. The topological polar surface area (TPSA) is 46.6 Å². The molecule has 114 valence electrons. The van der Waals surface area contributed by atoms with Crippen LogP contribution in [0.4, 0.5) is 5.69 Å². The molecule has 1 atom stereocenters. The highest BCUT2D eigenvalue weighted by atomic mass is 16.5. The second-order valence-electron chi connectivity index (χ2n) is 5.94. The molecule has 1 fully saturated rings. The number of hydrogen-bond donors (Lipinski definition) is 0. The number of ketones is 1. The van der Waals surface area contributed by atoms with E-state index in [1.165, 1.54) is 12.7 Å². The lowest BCUT2D eigenvalue weighted by Gasteiger charge is -2.33. The van der Waals surface area contributed by atoms with Gasteiger partial charge in [-0.3, -0.25) is 9.59 Å². The van der Waals surface area contributed by atoms with Crippen molar-refractivity contribution in [2.24, 2.45) is 5.92 Å². The Hall–Kier alpha value is -1.84. The highest BCUT2D eigenvalue weighted by molar-refractivity contribution is 6.00. The lowest BCUT2D eigenvalue weighted by Crippen LogP contribution is -2.45. The quantitative estimate of drug-likeness (QED) is 0.634. The standard InChI is InChI=1S/C17H23NO3/c1-11(2)13-6-5-12(3)15(9-13)18-8-7-16(19)14(10-18)17(20)21-4/h5-6,9,11,14H,7-8,10H2,1-4H3/t14-/m1/s1. The first-order valence-corrected chi connectivity index (χ1v) is 7.40. The Labute approximate surface area is 126 Å². The van der Waals surface area contributed by atoms with Crippen LogP contribution in [0.1, 0.15) is 37.3 Å². The number of benzene rings is 1. The van der Waals surface area contributed by atoms with Crippen LogP contribution in [0.25, 0.3) is 0 Å². The Kier molecular flexibility index (Phi) is 4.66. The third-order valence-corrected chi connectivity index (χ3v) is 4.15. The number of Topliss-reactive ketones (excluding diaryl/α,β-unsaturated/α-hetero) is 1. The number of nitrogens with zero attached hydrogens (tertiary/aromatic N) is 1. The van der Waals surface area contributed by atoms with Crippen molar-refractivity contribution < 1.29 is 14.3 Å². The zero-order chi connectivity index (χ0) is 15.6. The summed E-state index contributed by atoms with van der Waals surface area (Å²) in [6.45, 7) is 7.45. The number of methoxy groups -OCH3 is 1. The van der Waals surface area contributed by atoms with Gasteiger partial charge in [0.05, 0.1) is 7.11 Å². The molecule has 4 heteroatoms. The van der Waals surface area contributed by atoms with Crippen LogP contribution < -0.4 is 4.90 Å². The molecule has 2 rings (SSSR count). The predicted molar refractivity (Wildman–Crippen MR) is 82.6 cm³/mol. The number of aryl methyl sites for hydroxylation is 1. The summed E-state index contributed by atoms with van der Waals surface area (Å²) in [5, 5.41) is 0. The molecule has 0 saturated carbocycles. The van der Waals surface area contributed by atoms with E-state index in [9.17, 15) is 9.59 Å². The Morgan fingerprint density at radius 3 is 2.71 bits per heavy atom. The van der Waals surface area contributed by atoms with Gasteiger partial charge < -0.3 is 9.64 Å². The van der Waals surface area contributed by atoms with Gasteiger partial charge in [0.15, 0.2) is 5.78 Å². The number of anilines is 1. The first-order valence-electron chi connectivity index (χ1n) is 7.40. The zero-order valence-corrected chi connectivity index (χ0v) is 13.2. The Morgan fingerprint density at radius 1 is 1.38 bits per heavy atom. The fraction of sp³-hybridized carbons (Fsp3) is 0.529. The van der Waals surface area contributed by atoms with Crippen LogP contribution in [0.15, 0.2) is 18.2 Å². The highest BCUT2D eigenvalue weighted by Crippen LogP contribution is 2.28. The molecule has 0 aromatic heterocycles. The summed E-state index contributed by atoms with van der Waals surface area (Å²) in [5.41, 5.74) is 3.54. The van der Waals surface area contributed by atoms with Gasteiger partial charge in [0, 0.05) is 25.2 Å². The molecule has 1 aromatic carbocycles. The lowest BCUT2D eigenvalue weighted by molar-refractivity contribution is -0.149. The molecule has 1 aromatic rings. The number of piperidine rings is 1. The largest absolute Gasteiger partial charge is 0.468 e. The van der Waals surface area contributed by atoms with Gasteiger partial charge in [-0.25, -0.2) is 0 Å². The van der Waals surface area contributed by atoms with E-state index in [0.717, 1.165) is 11.3 Å². The molecule has 0 radical (unpaired) electrons. The normalized spacial score (nSPS) is 19.0. The third kappa shape index (κ3) is 3.26. The molecular weight excluding hydrogens is 266 g/mol. The minimum Gasteiger partial charge on any atom is -0.468 e. The number of carbonyl (C=O) groups excluding carboxylic acids is 2. The summed E-state index contributed by atoms with van der Waals surface area (Å²) < 4.78 is 4.75. The SMILES string of the molecule is COC(=O)[C@@H]1CN(c2cc(C(C)C)ccc2C)CCC1=O. The molecular formula is C17H23NO3. The van der Waals surface area contributed by atoms with E-state index in [1.807, 2.05) is 0 Å². The van der Waals surface area contributed by atoms with Crippen LogP contribution in [0.2, 0.25) is 0 Å². The van der Waals surface area contributed by atoms with Gasteiger partial charge in [0.25, 0.3) is 0 Å². The molecule has 1 aliphatic rings. The average molecular weight is 289 g/mol. The van der Waals surface area contributed by atoms with E-state index in [0.29, 0.717) is 25.4 Å². The zero-order valence-electron chi connectivity index (χ0n) is 13.2. The van der Waals surface area contributed by atoms with E-state index in [-0.39, 0.29) is 5.78 Å². The molecule has 1 heterocycles. The maximum atomic E-state index is 11.9. The number of carbonyl (C=O) groups is 2. The van der Waals surface area contributed by atoms with Crippen molar-refractivity contribution in [3.05, 3.63) is 29.3 Å². The average Bonchev–Trinajstić information content (AvgIpc) is 2.47. The maximum absolute atomic E-state index is 11.9. The van der Waals surface area contributed by atoms with Crippen LogP contribution in [-0.4, -0.2) is 32.0 Å². The van der Waals surface area contributed by atoms with Crippen molar-refractivity contribution >= 4 is 17.4 Å². The lowest BCUT2D eigenvalue weighted by atomic mass is 9.94. The van der Waals surface area contributed by atoms with E-state index in [2.05, 4.69) is 43.9 Å². The molecule has 1 saturated heterocycles. The fourth-order valence-electron chi connectivity index (χ4n) is 2.73. The third-order valence-electron chi connectivity index (χ3n) is 4.15. The Morgan fingerprint density at radius 2 is 2.10 bits per heavy atom. The number of hydrogen-bond acceptors (Lipinski definition) is 4. The van der Waals surface area contributed by atoms with Crippen LogP contribution >= 0.6 is 0 Å². The molecule has 0 unspecified atom stereocenters. The van der Waals surface area contributed by atoms with E-state index < -0.39 is 11.9 Å². The van der Waals surface area contributed by atoms with Gasteiger partial charge in [-0.15, -0.1) is 0 Å². The fourth-order valence-corrected chi connectivity index (χ4v) is 2.73. The van der Waals surface area contributed by atoms with Crippen molar-refractivity contribution in [3.63, 3.8) is 0 Å². The number of rotatable bonds is 3. The first kappa shape index (κ1) is 15.5. The molecule has 21 heavy (non-hydrogen) atoms. The van der Waals surface area contributed by atoms with Gasteiger partial charge in [-0.1, -0.05) is 26.0 Å². The van der Waals surface area contributed by atoms with Crippen molar-refractivity contribution in [1.82, 2.24) is 0 Å². The summed E-state index contributed by atoms with van der Waals surface area (Å²) in [7, 11) is 1.33. The van der Waals surface area contributed by atoms with Crippen LogP contribution in [0.5, 0.6) is 0 Å². The van der Waals surface area contributed by atoms with Crippen molar-refractivity contribution in [2.75, 3.05) is 25.1 Å². The van der Waals surface area contributed by atoms with Gasteiger partial charge in [-0.2, -0.15) is 0 Å². The van der Waals surface area contributed by atoms with Gasteiger partial charge in [-0.05, 0) is 30.0 Å². The summed E-state index contributed by atoms with van der Waals surface area (Å²) in [4.78, 5) is 25.8. The molecule has 0 bridgehead atoms. The summed E-state index contributed by atoms with van der Waals surface area (Å²) in [6, 6.07) is 6.41. The van der Waals surface area contributed by atoms with Crippen molar-refractivity contribution in [3.8, 4) is 0 Å². The molecule has 4 nitrogen and oxygen atoms in total. The molecule has 0 amide bonds. The minimum absolute atomic E-state index is 0.0178. The number of esters is 1. The smallest absolute Gasteiger partial charge is 0.318 e. The minimum atomic E-state index is -0.661. The van der Waals surface area contributed by atoms with Crippen molar-refractivity contribution in [2.45, 2.75) is 33.1 Å². The van der Waals surface area contributed by atoms with Crippen LogP contribution in [0.3, 0.4) is 0 Å². The highest BCUT2D eigenvalue weighted by Gasteiger charge is 2.34. The van der Waals surface area contributed by atoms with Crippen molar-refractivity contribution in [1.29, 1.82) is 0 Å². The predicted octanol–water partition coefficient (Wildman–Crippen LogP) is 2.69. The molecule has 0 N–H and O–H groups in total. The summed E-state index contributed by atoms with van der Waals surface area (Å²) in [5.74, 6) is -0.656. The van der Waals surface area contributed by atoms with Gasteiger partial charge >= 0.3 is 5.97 Å². The van der Waals surface area contributed by atoms with Gasteiger partial charge in [0.1, 0.15) is 5.92 Å². The maximum Gasteiger partial charge on any atom is 0.318 e. The van der Waals surface area contributed by atoms with Crippen LogP contribution in [0, 0.1) is 12.8 Å². The van der Waals surface area contributed by atoms with E-state index >= 15 is 0 Å². The molecule has 1 aliphatic heterocycles. The summed E-state index contributed by atoms with van der Waals surface area (Å²) in [6.07, 6.45) is 0.394. The monoisotopic (exact) mass is 289 g/mol. The van der Waals surface area contributed by atoms with Gasteiger partial charge in [0.2, 0.25) is 0 Å². The summed E-state index contributed by atoms with van der Waals surface area (Å²) >= 11 is 0. The number of ether oxygens (including phenoxy) is 1.